The second-order valence-corrected chi connectivity index (χ2v) is 9.26. The van der Waals surface area contributed by atoms with Crippen LogP contribution in [0.1, 0.15) is 20.3 Å². The highest BCUT2D eigenvalue weighted by atomic mass is 35.5. The number of carbonyl (C=O) groups excluding carboxylic acids is 2. The van der Waals surface area contributed by atoms with E-state index in [1.807, 2.05) is 43.0 Å². The van der Waals surface area contributed by atoms with E-state index in [0.717, 1.165) is 16.9 Å². The maximum Gasteiger partial charge on any atom is 0.228 e. The number of nitrogens with zero attached hydrogens (tertiary/aromatic N) is 7. The van der Waals surface area contributed by atoms with E-state index in [0.29, 0.717) is 49.8 Å². The second kappa shape index (κ2) is 8.62. The summed E-state index contributed by atoms with van der Waals surface area (Å²) in [7, 11) is 0. The molecule has 1 atom stereocenters. The zero-order valence-electron chi connectivity index (χ0n) is 18.7. The maximum atomic E-state index is 13.0. The van der Waals surface area contributed by atoms with Crippen LogP contribution in [0.25, 0.3) is 16.7 Å². The van der Waals surface area contributed by atoms with Crippen LogP contribution in [0.3, 0.4) is 0 Å². The highest BCUT2D eigenvalue weighted by Crippen LogP contribution is 2.27. The summed E-state index contributed by atoms with van der Waals surface area (Å²) in [4.78, 5) is 40.1. The molecule has 0 radical (unpaired) electrons. The van der Waals surface area contributed by atoms with Gasteiger partial charge in [0.15, 0.2) is 5.65 Å². The number of anilines is 1. The topological polar surface area (TPSA) is 87.5 Å². The molecule has 1 aromatic carbocycles. The number of likely N-dealkylation sites (tertiary alicyclic amines) is 1. The molecule has 5 rings (SSSR count). The molecule has 33 heavy (non-hydrogen) atoms. The predicted molar refractivity (Wildman–Crippen MR) is 125 cm³/mol. The van der Waals surface area contributed by atoms with E-state index in [1.165, 1.54) is 0 Å². The molecule has 2 aromatic heterocycles. The van der Waals surface area contributed by atoms with Crippen LogP contribution in [-0.4, -0.2) is 80.1 Å². The Morgan fingerprint density at radius 1 is 1.15 bits per heavy atom. The number of rotatable bonds is 4. The van der Waals surface area contributed by atoms with Crippen molar-refractivity contribution in [1.82, 2.24) is 29.5 Å². The van der Waals surface area contributed by atoms with Crippen LogP contribution >= 0.6 is 11.6 Å². The average Bonchev–Trinajstić information content (AvgIpc) is 3.42. The summed E-state index contributed by atoms with van der Waals surface area (Å²) in [5.41, 5.74) is 1.54. The highest BCUT2D eigenvalue weighted by Gasteiger charge is 2.38. The fraction of sp³-hybridized carbons (Fsp3) is 0.435. The molecule has 10 heteroatoms. The molecule has 2 aliphatic rings. The fourth-order valence-electron chi connectivity index (χ4n) is 4.67. The fourth-order valence-corrected chi connectivity index (χ4v) is 4.86. The van der Waals surface area contributed by atoms with Crippen molar-refractivity contribution in [3.8, 4) is 5.69 Å². The number of carbonyl (C=O) groups is 2. The van der Waals surface area contributed by atoms with Crippen molar-refractivity contribution in [1.29, 1.82) is 0 Å². The first-order valence-electron chi connectivity index (χ1n) is 11.2. The van der Waals surface area contributed by atoms with Crippen molar-refractivity contribution >= 4 is 40.3 Å². The predicted octanol–water partition coefficient (Wildman–Crippen LogP) is 2.37. The summed E-state index contributed by atoms with van der Waals surface area (Å²) >= 11 is 6.15. The first-order chi connectivity index (χ1) is 15.9. The SMILES string of the molecule is CC(C)N1CC(C(=O)N2CCN(c3ncnc4c3cnn4-c3cccc(Cl)c3)CC2)CC1=O. The van der Waals surface area contributed by atoms with Gasteiger partial charge in [0.1, 0.15) is 12.1 Å². The molecule has 2 saturated heterocycles. The van der Waals surface area contributed by atoms with Gasteiger partial charge in [0.05, 0.1) is 23.2 Å². The van der Waals surface area contributed by atoms with Gasteiger partial charge in [-0.15, -0.1) is 0 Å². The molecule has 2 fully saturated rings. The maximum absolute atomic E-state index is 13.0. The number of aromatic nitrogens is 4. The molecule has 2 aliphatic heterocycles. The van der Waals surface area contributed by atoms with E-state index >= 15 is 0 Å². The van der Waals surface area contributed by atoms with E-state index in [9.17, 15) is 9.59 Å². The van der Waals surface area contributed by atoms with Gasteiger partial charge in [0, 0.05) is 50.2 Å². The number of benzene rings is 1. The molecular formula is C23H26ClN7O2. The van der Waals surface area contributed by atoms with E-state index in [4.69, 9.17) is 11.6 Å². The largest absolute Gasteiger partial charge is 0.352 e. The summed E-state index contributed by atoms with van der Waals surface area (Å²) in [6.07, 6.45) is 3.63. The van der Waals surface area contributed by atoms with Gasteiger partial charge < -0.3 is 14.7 Å². The Labute approximate surface area is 196 Å². The lowest BCUT2D eigenvalue weighted by atomic mass is 10.1. The van der Waals surface area contributed by atoms with Crippen LogP contribution < -0.4 is 4.90 Å². The third kappa shape index (κ3) is 4.01. The van der Waals surface area contributed by atoms with Crippen LogP contribution in [0.15, 0.2) is 36.8 Å². The van der Waals surface area contributed by atoms with Gasteiger partial charge in [-0.25, -0.2) is 14.6 Å². The molecular weight excluding hydrogens is 442 g/mol. The first-order valence-corrected chi connectivity index (χ1v) is 11.6. The van der Waals surface area contributed by atoms with Crippen molar-refractivity contribution in [3.05, 3.63) is 41.8 Å². The Morgan fingerprint density at radius 3 is 2.64 bits per heavy atom. The zero-order valence-corrected chi connectivity index (χ0v) is 19.4. The minimum absolute atomic E-state index is 0.0714. The number of amides is 2. The van der Waals surface area contributed by atoms with Crippen LogP contribution in [0.4, 0.5) is 5.82 Å². The Hall–Kier alpha value is -3.20. The first kappa shape index (κ1) is 21.6. The number of hydrogen-bond acceptors (Lipinski definition) is 6. The van der Waals surface area contributed by atoms with Gasteiger partial charge >= 0.3 is 0 Å². The van der Waals surface area contributed by atoms with Crippen molar-refractivity contribution in [2.45, 2.75) is 26.3 Å². The van der Waals surface area contributed by atoms with Crippen LogP contribution in [0.5, 0.6) is 0 Å². The Balaban J connectivity index is 1.30. The molecule has 0 N–H and O–H groups in total. The lowest BCUT2D eigenvalue weighted by molar-refractivity contribution is -0.136. The van der Waals surface area contributed by atoms with Crippen molar-refractivity contribution in [2.75, 3.05) is 37.6 Å². The third-order valence-electron chi connectivity index (χ3n) is 6.42. The molecule has 4 heterocycles. The molecule has 0 bridgehead atoms. The van der Waals surface area contributed by atoms with Gasteiger partial charge in [-0.05, 0) is 32.0 Å². The van der Waals surface area contributed by atoms with Crippen LogP contribution in [0.2, 0.25) is 5.02 Å². The second-order valence-electron chi connectivity index (χ2n) is 8.82. The highest BCUT2D eigenvalue weighted by molar-refractivity contribution is 6.30. The van der Waals surface area contributed by atoms with Gasteiger partial charge in [-0.1, -0.05) is 17.7 Å². The Bertz CT molecular complexity index is 1200. The molecule has 0 spiro atoms. The quantitative estimate of drug-likeness (QED) is 0.585. The zero-order chi connectivity index (χ0) is 23.1. The van der Waals surface area contributed by atoms with E-state index in [-0.39, 0.29) is 23.8 Å². The van der Waals surface area contributed by atoms with Crippen LogP contribution in [-0.2, 0) is 9.59 Å². The van der Waals surface area contributed by atoms with E-state index in [1.54, 1.807) is 22.1 Å². The normalized spacial score (nSPS) is 19.2. The molecule has 3 aromatic rings. The molecule has 2 amide bonds. The molecule has 0 aliphatic carbocycles. The van der Waals surface area contributed by atoms with Gasteiger partial charge in [0.25, 0.3) is 0 Å². The lowest BCUT2D eigenvalue weighted by Crippen LogP contribution is -2.51. The van der Waals surface area contributed by atoms with Gasteiger partial charge in [0.2, 0.25) is 11.8 Å². The van der Waals surface area contributed by atoms with Crippen LogP contribution in [0, 0.1) is 5.92 Å². The molecule has 9 nitrogen and oxygen atoms in total. The minimum Gasteiger partial charge on any atom is -0.352 e. The smallest absolute Gasteiger partial charge is 0.228 e. The van der Waals surface area contributed by atoms with Crippen molar-refractivity contribution < 1.29 is 9.59 Å². The molecule has 1 unspecified atom stereocenters. The van der Waals surface area contributed by atoms with Crippen molar-refractivity contribution in [3.63, 3.8) is 0 Å². The summed E-state index contributed by atoms with van der Waals surface area (Å²) in [5.74, 6) is 0.713. The third-order valence-corrected chi connectivity index (χ3v) is 6.65. The van der Waals surface area contributed by atoms with E-state index in [2.05, 4.69) is 20.0 Å². The molecule has 172 valence electrons. The number of fused-ring (bicyclic) bond motifs is 1. The Morgan fingerprint density at radius 2 is 1.94 bits per heavy atom. The van der Waals surface area contributed by atoms with E-state index < -0.39 is 0 Å². The van der Waals surface area contributed by atoms with Crippen molar-refractivity contribution in [2.24, 2.45) is 5.92 Å². The number of hydrogen-bond donors (Lipinski definition) is 0. The standard InChI is InChI=1S/C23H26ClN7O2/c1-15(2)30-13-16(10-20(30)32)23(33)29-8-6-28(7-9-29)21-19-12-27-31(22(19)26-14-25-21)18-5-3-4-17(24)11-18/h3-5,11-12,14-16H,6-10,13H2,1-2H3. The average molecular weight is 468 g/mol. The summed E-state index contributed by atoms with van der Waals surface area (Å²) in [5, 5.41) is 6.00. The Kier molecular flexibility index (Phi) is 5.65. The summed E-state index contributed by atoms with van der Waals surface area (Å²) in [6, 6.07) is 7.59. The lowest BCUT2D eigenvalue weighted by Gasteiger charge is -2.36. The minimum atomic E-state index is -0.242. The number of halogens is 1. The molecule has 0 saturated carbocycles. The number of piperazine rings is 1. The monoisotopic (exact) mass is 467 g/mol. The van der Waals surface area contributed by atoms with Gasteiger partial charge in [-0.3, -0.25) is 9.59 Å². The van der Waals surface area contributed by atoms with Gasteiger partial charge in [-0.2, -0.15) is 5.10 Å². The summed E-state index contributed by atoms with van der Waals surface area (Å²) < 4.78 is 1.75. The summed E-state index contributed by atoms with van der Waals surface area (Å²) in [6.45, 7) is 7.01.